The van der Waals surface area contributed by atoms with Crippen molar-refractivity contribution in [1.29, 1.82) is 0 Å². The molecule has 0 bridgehead atoms. The molecule has 2 aliphatic rings. The zero-order chi connectivity index (χ0) is 26.4. The fourth-order valence-corrected chi connectivity index (χ4v) is 13.5. The van der Waals surface area contributed by atoms with Crippen LogP contribution in [0.2, 0.25) is 0 Å². The minimum atomic E-state index is -1.30. The van der Waals surface area contributed by atoms with E-state index in [1.54, 1.807) is 0 Å². The Hall–Kier alpha value is 0.441. The van der Waals surface area contributed by atoms with Crippen molar-refractivity contribution in [1.82, 2.24) is 0 Å². The molecule has 6 atom stereocenters. The van der Waals surface area contributed by atoms with Gasteiger partial charge in [0.2, 0.25) is 0 Å². The van der Waals surface area contributed by atoms with Crippen LogP contribution in [0.5, 0.6) is 0 Å². The van der Waals surface area contributed by atoms with Gasteiger partial charge >= 0.3 is 246 Å². The fourth-order valence-electron chi connectivity index (χ4n) is 6.72. The Kier molecular flexibility index (Phi) is 13.2. The first-order valence-corrected chi connectivity index (χ1v) is 19.0. The zero-order valence-electron chi connectivity index (χ0n) is 25.8. The van der Waals surface area contributed by atoms with Crippen molar-refractivity contribution in [3.05, 3.63) is 34.5 Å². The Bertz CT molecular complexity index is 778. The summed E-state index contributed by atoms with van der Waals surface area (Å²) in [5.41, 5.74) is 11.1. The number of allylic oxidation sites excluding steroid dienone is 8. The molecule has 1 heteroatoms. The maximum absolute atomic E-state index is 2.54. The van der Waals surface area contributed by atoms with Crippen LogP contribution in [0.1, 0.15) is 134 Å². The monoisotopic (exact) mass is 554 g/mol. The van der Waals surface area contributed by atoms with Gasteiger partial charge in [0, 0.05) is 0 Å². The first-order valence-electron chi connectivity index (χ1n) is 15.5. The van der Waals surface area contributed by atoms with Crippen LogP contribution in [0.3, 0.4) is 0 Å². The van der Waals surface area contributed by atoms with E-state index in [1.807, 2.05) is 34.5 Å². The Morgan fingerprint density at radius 1 is 0.429 bits per heavy atom. The molecule has 0 amide bonds. The van der Waals surface area contributed by atoms with Crippen LogP contribution in [0.25, 0.3) is 0 Å². The number of hydrogen-bond acceptors (Lipinski definition) is 0. The Morgan fingerprint density at radius 2 is 0.686 bits per heavy atom. The van der Waals surface area contributed by atoms with Gasteiger partial charge in [-0.2, -0.15) is 0 Å². The molecule has 0 heterocycles. The van der Waals surface area contributed by atoms with Crippen LogP contribution in [0.15, 0.2) is 34.5 Å². The van der Waals surface area contributed by atoms with Crippen LogP contribution in [-0.2, 0) is 0 Å². The van der Waals surface area contributed by atoms with Crippen molar-refractivity contribution in [3.8, 4) is 0 Å². The van der Waals surface area contributed by atoms with Gasteiger partial charge in [0.1, 0.15) is 0 Å². The second-order valence-corrected chi connectivity index (χ2v) is 17.4. The summed E-state index contributed by atoms with van der Waals surface area (Å²) in [5.74, 6) is 4.33. The summed E-state index contributed by atoms with van der Waals surface area (Å²) >= 11 is -1.30. The summed E-state index contributed by atoms with van der Waals surface area (Å²) in [4.78, 5) is 0. The molecule has 0 saturated heterocycles. The molecule has 0 spiro atoms. The summed E-state index contributed by atoms with van der Waals surface area (Å²) in [6.07, 6.45) is 10.3. The molecule has 0 saturated carbocycles. The van der Waals surface area contributed by atoms with Gasteiger partial charge in [0.25, 0.3) is 0 Å². The minimum absolute atomic E-state index is 0.711. The molecule has 2 aliphatic carbocycles. The van der Waals surface area contributed by atoms with Gasteiger partial charge in [-0.3, -0.25) is 0 Å². The van der Waals surface area contributed by atoms with E-state index < -0.39 is 41.0 Å². The maximum atomic E-state index is 2.54. The van der Waals surface area contributed by atoms with E-state index in [-0.39, 0.29) is 0 Å². The SMILES string of the molecule is CCC(C)C1=C(C(C)CC)C(C(C)CC)=[C]([Sr][C]2=C(C(C)CC)C(C(C)CC)=C(C(C)CC)C2)C1. The molecule has 0 aromatic rings. The van der Waals surface area contributed by atoms with Crippen molar-refractivity contribution >= 4 is 41.0 Å². The molecule has 0 aromatic heterocycles. The topological polar surface area (TPSA) is 0 Å². The molecule has 2 rings (SSSR count). The fraction of sp³-hybridized carbons (Fsp3) is 0.765. The van der Waals surface area contributed by atoms with E-state index in [1.165, 1.54) is 51.4 Å². The van der Waals surface area contributed by atoms with Crippen LogP contribution < -0.4 is 0 Å². The van der Waals surface area contributed by atoms with Crippen LogP contribution in [-0.4, -0.2) is 41.0 Å². The van der Waals surface area contributed by atoms with Crippen LogP contribution in [0.4, 0.5) is 0 Å². The molecular weight excluding hydrogens is 496 g/mol. The van der Waals surface area contributed by atoms with Gasteiger partial charge in [-0.15, -0.1) is 0 Å². The quantitative estimate of drug-likeness (QED) is 0.187. The second-order valence-electron chi connectivity index (χ2n) is 12.3. The Labute approximate surface area is 243 Å². The van der Waals surface area contributed by atoms with Crippen molar-refractivity contribution < 1.29 is 0 Å². The van der Waals surface area contributed by atoms with Gasteiger partial charge in [0.15, 0.2) is 0 Å². The van der Waals surface area contributed by atoms with Gasteiger partial charge in [-0.05, 0) is 0 Å². The molecule has 0 aromatic carbocycles. The van der Waals surface area contributed by atoms with Crippen molar-refractivity contribution in [2.75, 3.05) is 0 Å². The number of hydrogen-bond donors (Lipinski definition) is 0. The summed E-state index contributed by atoms with van der Waals surface area (Å²) in [6, 6.07) is 0. The third-order valence-electron chi connectivity index (χ3n) is 10.1. The van der Waals surface area contributed by atoms with E-state index in [2.05, 4.69) is 83.1 Å². The van der Waals surface area contributed by atoms with Gasteiger partial charge in [-0.25, -0.2) is 0 Å². The van der Waals surface area contributed by atoms with E-state index in [4.69, 9.17) is 0 Å². The number of rotatable bonds is 14. The predicted octanol–water partition coefficient (Wildman–Crippen LogP) is 10.9. The first-order chi connectivity index (χ1) is 16.6. The first kappa shape index (κ1) is 31.7. The van der Waals surface area contributed by atoms with Crippen LogP contribution in [0, 0.1) is 35.5 Å². The standard InChI is InChI=1S/2C17H29.Sr/c2*1-7-12(4)15-10-11-16(13(5)8-2)17(15)14(6)9-3;/h2*12-14H,7-10H2,1-6H3;. The average Bonchev–Trinajstić information content (AvgIpc) is 3.44. The third-order valence-corrected chi connectivity index (χ3v) is 15.3. The Morgan fingerprint density at radius 3 is 0.943 bits per heavy atom. The third kappa shape index (κ3) is 6.91. The summed E-state index contributed by atoms with van der Waals surface area (Å²) < 4.78 is 3.99. The van der Waals surface area contributed by atoms with Gasteiger partial charge in [0.05, 0.1) is 0 Å². The molecular formula is C34H58Sr. The molecule has 0 radical (unpaired) electrons. The van der Waals surface area contributed by atoms with Crippen molar-refractivity contribution in [2.24, 2.45) is 35.5 Å². The van der Waals surface area contributed by atoms with E-state index in [0.29, 0.717) is 11.8 Å². The summed E-state index contributed by atoms with van der Waals surface area (Å²) in [7, 11) is 0. The van der Waals surface area contributed by atoms with Crippen molar-refractivity contribution in [3.63, 3.8) is 0 Å². The molecule has 6 unspecified atom stereocenters. The molecule has 196 valence electrons. The molecule has 0 aliphatic heterocycles. The normalized spacial score (nSPS) is 22.1. The summed E-state index contributed by atoms with van der Waals surface area (Å²) in [6.45, 7) is 29.6. The summed E-state index contributed by atoms with van der Waals surface area (Å²) in [5, 5.41) is 0. The molecule has 35 heavy (non-hydrogen) atoms. The predicted molar refractivity (Wildman–Crippen MR) is 160 cm³/mol. The Balaban J connectivity index is 2.66. The molecule has 0 nitrogen and oxygen atoms in total. The van der Waals surface area contributed by atoms with Crippen LogP contribution >= 0.6 is 0 Å². The van der Waals surface area contributed by atoms with E-state index >= 15 is 0 Å². The average molecular weight is 554 g/mol. The molecule has 0 fully saturated rings. The van der Waals surface area contributed by atoms with E-state index in [0.717, 1.165) is 23.7 Å². The van der Waals surface area contributed by atoms with E-state index in [9.17, 15) is 0 Å². The van der Waals surface area contributed by atoms with Crippen molar-refractivity contribution in [2.45, 2.75) is 134 Å². The zero-order valence-corrected chi connectivity index (χ0v) is 29.3. The van der Waals surface area contributed by atoms with Gasteiger partial charge < -0.3 is 0 Å². The second kappa shape index (κ2) is 14.6. The molecule has 0 N–H and O–H groups in total. The van der Waals surface area contributed by atoms with Gasteiger partial charge in [-0.1, -0.05) is 0 Å².